The largest absolute Gasteiger partial charge is 0.456 e. The van der Waals surface area contributed by atoms with Gasteiger partial charge < -0.3 is 9.73 Å². The molecule has 0 aliphatic heterocycles. The normalized spacial score (nSPS) is 11.7. The van der Waals surface area contributed by atoms with Crippen molar-refractivity contribution in [3.05, 3.63) is 71.8 Å². The molecule has 6 nitrogen and oxygen atoms in total. The zero-order chi connectivity index (χ0) is 22.9. The van der Waals surface area contributed by atoms with Crippen LogP contribution in [-0.2, 0) is 14.8 Å². The molecule has 0 aliphatic rings. The highest BCUT2D eigenvalue weighted by Crippen LogP contribution is 2.30. The van der Waals surface area contributed by atoms with Gasteiger partial charge in [0.25, 0.3) is 0 Å². The quantitative estimate of drug-likeness (QED) is 0.409. The van der Waals surface area contributed by atoms with Gasteiger partial charge in [0.1, 0.15) is 11.2 Å². The molecule has 0 radical (unpaired) electrons. The topological polar surface area (TPSA) is 79.6 Å². The number of nitrogens with zero attached hydrogens (tertiary/aromatic N) is 1. The molecular weight excluding hydrogens is 424 g/mol. The van der Waals surface area contributed by atoms with E-state index in [9.17, 15) is 13.2 Å². The number of fused-ring (bicyclic) bond motifs is 3. The highest BCUT2D eigenvalue weighted by molar-refractivity contribution is 7.92. The van der Waals surface area contributed by atoms with Gasteiger partial charge in [-0.2, -0.15) is 0 Å². The predicted octanol–water partition coefficient (Wildman–Crippen LogP) is 5.39. The molecule has 7 heteroatoms. The number of furan rings is 1. The summed E-state index contributed by atoms with van der Waals surface area (Å²) in [5.41, 5.74) is 4.63. The summed E-state index contributed by atoms with van der Waals surface area (Å²) in [7, 11) is -3.47. The smallest absolute Gasteiger partial charge is 0.232 e. The number of amides is 1. The molecule has 0 fully saturated rings. The van der Waals surface area contributed by atoms with Crippen molar-refractivity contribution < 1.29 is 17.6 Å². The average Bonchev–Trinajstić information content (AvgIpc) is 3.09. The van der Waals surface area contributed by atoms with Crippen LogP contribution < -0.4 is 9.62 Å². The van der Waals surface area contributed by atoms with E-state index in [2.05, 4.69) is 5.32 Å². The summed E-state index contributed by atoms with van der Waals surface area (Å²) in [6, 6.07) is 19.1. The third kappa shape index (κ3) is 4.48. The third-order valence-electron chi connectivity index (χ3n) is 5.52. The molecule has 0 aliphatic carbocycles. The summed E-state index contributed by atoms with van der Waals surface area (Å²) < 4.78 is 32.1. The highest BCUT2D eigenvalue weighted by atomic mass is 32.2. The van der Waals surface area contributed by atoms with Crippen LogP contribution >= 0.6 is 0 Å². The van der Waals surface area contributed by atoms with Gasteiger partial charge in [-0.3, -0.25) is 9.10 Å². The molecule has 32 heavy (non-hydrogen) atoms. The van der Waals surface area contributed by atoms with Gasteiger partial charge in [-0.25, -0.2) is 8.42 Å². The van der Waals surface area contributed by atoms with Crippen molar-refractivity contribution >= 4 is 49.2 Å². The summed E-state index contributed by atoms with van der Waals surface area (Å²) in [6.45, 7) is 4.02. The number of benzene rings is 3. The first kappa shape index (κ1) is 21.9. The van der Waals surface area contributed by atoms with E-state index in [1.165, 1.54) is 10.6 Å². The first-order valence-corrected chi connectivity index (χ1v) is 12.3. The molecule has 1 heterocycles. The number of sulfonamides is 1. The first-order valence-electron chi connectivity index (χ1n) is 10.5. The predicted molar refractivity (Wildman–Crippen MR) is 130 cm³/mol. The molecule has 166 valence electrons. The Balaban J connectivity index is 1.43. The van der Waals surface area contributed by atoms with Gasteiger partial charge >= 0.3 is 0 Å². The second-order valence-corrected chi connectivity index (χ2v) is 9.94. The lowest BCUT2D eigenvalue weighted by atomic mass is 10.1. The van der Waals surface area contributed by atoms with E-state index in [0.717, 1.165) is 27.5 Å². The molecule has 1 amide bonds. The van der Waals surface area contributed by atoms with Crippen LogP contribution in [0.4, 0.5) is 11.4 Å². The number of hydrogen-bond acceptors (Lipinski definition) is 4. The number of carbonyl (C=O) groups is 1. The van der Waals surface area contributed by atoms with Gasteiger partial charge in [0.05, 0.1) is 11.9 Å². The van der Waals surface area contributed by atoms with Crippen molar-refractivity contribution in [3.63, 3.8) is 0 Å². The Bertz CT molecular complexity index is 1390. The van der Waals surface area contributed by atoms with Crippen LogP contribution in [0.5, 0.6) is 0 Å². The van der Waals surface area contributed by atoms with Crippen LogP contribution in [0.25, 0.3) is 21.9 Å². The maximum atomic E-state index is 12.5. The van der Waals surface area contributed by atoms with Gasteiger partial charge in [-0.1, -0.05) is 36.4 Å². The molecule has 3 aromatic carbocycles. The maximum Gasteiger partial charge on any atom is 0.232 e. The van der Waals surface area contributed by atoms with E-state index >= 15 is 0 Å². The van der Waals surface area contributed by atoms with Crippen molar-refractivity contribution in [3.8, 4) is 0 Å². The van der Waals surface area contributed by atoms with Gasteiger partial charge in [-0.15, -0.1) is 0 Å². The second-order valence-electron chi connectivity index (χ2n) is 8.04. The lowest BCUT2D eigenvalue weighted by Crippen LogP contribution is -2.32. The zero-order valence-corrected chi connectivity index (χ0v) is 19.2. The minimum absolute atomic E-state index is 0.171. The Hall–Kier alpha value is -3.32. The van der Waals surface area contributed by atoms with Crippen molar-refractivity contribution in [2.24, 2.45) is 0 Å². The monoisotopic (exact) mass is 450 g/mol. The van der Waals surface area contributed by atoms with Crippen LogP contribution in [0, 0.1) is 13.8 Å². The molecule has 0 bridgehead atoms. The number of anilines is 2. The molecular formula is C25H26N2O4S. The number of aryl methyl sites for hydroxylation is 2. The molecule has 0 atom stereocenters. The first-order chi connectivity index (χ1) is 15.2. The molecule has 0 spiro atoms. The summed E-state index contributed by atoms with van der Waals surface area (Å²) in [4.78, 5) is 12.5. The molecule has 0 saturated heterocycles. The Kier molecular flexibility index (Phi) is 5.93. The average molecular weight is 451 g/mol. The van der Waals surface area contributed by atoms with Crippen molar-refractivity contribution in [2.75, 3.05) is 22.4 Å². The van der Waals surface area contributed by atoms with Gasteiger partial charge in [0.2, 0.25) is 15.9 Å². The number of hydrogen-bond donors (Lipinski definition) is 1. The Morgan fingerprint density at radius 3 is 2.34 bits per heavy atom. The maximum absolute atomic E-state index is 12.5. The lowest BCUT2D eigenvalue weighted by Gasteiger charge is -2.26. The SMILES string of the molecule is Cc1cccc(C)c1N(CCCC(=O)Nc1ccc2c(c1)oc1ccccc12)S(C)(=O)=O. The molecule has 0 saturated carbocycles. The minimum atomic E-state index is -3.47. The van der Waals surface area contributed by atoms with Crippen molar-refractivity contribution in [1.82, 2.24) is 0 Å². The number of carbonyl (C=O) groups excluding carboxylic acids is 1. The van der Waals surface area contributed by atoms with Gasteiger partial charge in [-0.05, 0) is 49.6 Å². The second kappa shape index (κ2) is 8.67. The lowest BCUT2D eigenvalue weighted by molar-refractivity contribution is -0.116. The van der Waals surface area contributed by atoms with Crippen LogP contribution in [0.15, 0.2) is 65.1 Å². The fourth-order valence-electron chi connectivity index (χ4n) is 4.05. The number of para-hydroxylation sites is 2. The number of rotatable bonds is 7. The van der Waals surface area contributed by atoms with E-state index in [1.54, 1.807) is 0 Å². The van der Waals surface area contributed by atoms with E-state index in [-0.39, 0.29) is 18.9 Å². The fourth-order valence-corrected chi connectivity index (χ4v) is 5.13. The van der Waals surface area contributed by atoms with E-state index in [0.29, 0.717) is 23.4 Å². The van der Waals surface area contributed by atoms with Crippen molar-refractivity contribution in [2.45, 2.75) is 26.7 Å². The van der Waals surface area contributed by atoms with Crippen LogP contribution in [0.1, 0.15) is 24.0 Å². The molecule has 4 aromatic rings. The summed E-state index contributed by atoms with van der Waals surface area (Å²) >= 11 is 0. The van der Waals surface area contributed by atoms with Gasteiger partial charge in [0, 0.05) is 35.5 Å². The van der Waals surface area contributed by atoms with E-state index < -0.39 is 10.0 Å². The standard InChI is InChI=1S/C25H26N2O4S/c1-17-8-6-9-18(2)25(17)27(32(3,29)30)15-7-12-24(28)26-19-13-14-21-20-10-4-5-11-22(20)31-23(21)16-19/h4-6,8-11,13-14,16H,7,12,15H2,1-3H3,(H,26,28). The molecule has 1 N–H and O–H groups in total. The molecule has 4 rings (SSSR count). The van der Waals surface area contributed by atoms with Gasteiger partial charge in [0.15, 0.2) is 0 Å². The van der Waals surface area contributed by atoms with Crippen LogP contribution in [0.3, 0.4) is 0 Å². The minimum Gasteiger partial charge on any atom is -0.456 e. The van der Waals surface area contributed by atoms with E-state index in [4.69, 9.17) is 4.42 Å². The van der Waals surface area contributed by atoms with Crippen LogP contribution in [-0.4, -0.2) is 27.1 Å². The van der Waals surface area contributed by atoms with E-state index in [1.807, 2.05) is 74.5 Å². The summed E-state index contributed by atoms with van der Waals surface area (Å²) in [6.07, 6.45) is 1.80. The fraction of sp³-hybridized carbons (Fsp3) is 0.240. The van der Waals surface area contributed by atoms with Crippen LogP contribution in [0.2, 0.25) is 0 Å². The van der Waals surface area contributed by atoms with Crippen molar-refractivity contribution in [1.29, 1.82) is 0 Å². The Morgan fingerprint density at radius 2 is 1.62 bits per heavy atom. The zero-order valence-electron chi connectivity index (χ0n) is 18.4. The summed E-state index contributed by atoms with van der Waals surface area (Å²) in [5.74, 6) is -0.171. The Labute approximate surface area is 187 Å². The molecule has 0 unspecified atom stereocenters. The molecule has 1 aromatic heterocycles. The summed E-state index contributed by atoms with van der Waals surface area (Å²) in [5, 5.41) is 4.92. The third-order valence-corrected chi connectivity index (χ3v) is 6.68. The Morgan fingerprint density at radius 1 is 0.938 bits per heavy atom. The highest BCUT2D eigenvalue weighted by Gasteiger charge is 2.21. The number of nitrogens with one attached hydrogen (secondary N) is 1.